The van der Waals surface area contributed by atoms with Crippen molar-refractivity contribution >= 4 is 5.69 Å². The molecule has 0 spiro atoms. The van der Waals surface area contributed by atoms with Crippen LogP contribution < -0.4 is 14.4 Å². The lowest BCUT2D eigenvalue weighted by atomic mass is 9.98. The highest BCUT2D eigenvalue weighted by Gasteiger charge is 2.39. The summed E-state index contributed by atoms with van der Waals surface area (Å²) in [4.78, 5) is 4.50. The van der Waals surface area contributed by atoms with Crippen LogP contribution in [0.3, 0.4) is 0 Å². The minimum atomic E-state index is -0.694. The van der Waals surface area contributed by atoms with Gasteiger partial charge in [0.2, 0.25) is 0 Å². The largest absolute Gasteiger partial charge is 0.496 e. The number of aliphatic hydroxyl groups excluding tert-OH is 1. The van der Waals surface area contributed by atoms with Crippen LogP contribution >= 0.6 is 0 Å². The summed E-state index contributed by atoms with van der Waals surface area (Å²) in [6.07, 6.45) is 3.38. The molecule has 2 aromatic carbocycles. The van der Waals surface area contributed by atoms with Crippen molar-refractivity contribution < 1.29 is 14.6 Å². The van der Waals surface area contributed by atoms with Gasteiger partial charge in [-0.15, -0.1) is 0 Å². The van der Waals surface area contributed by atoms with E-state index >= 15 is 0 Å². The summed E-state index contributed by atoms with van der Waals surface area (Å²) in [7, 11) is 1.69. The Morgan fingerprint density at radius 1 is 1.16 bits per heavy atom. The highest BCUT2D eigenvalue weighted by Crippen LogP contribution is 2.43. The lowest BCUT2D eigenvalue weighted by Crippen LogP contribution is -2.55. The number of para-hydroxylation sites is 3. The van der Waals surface area contributed by atoms with Crippen molar-refractivity contribution in [1.82, 2.24) is 4.90 Å². The van der Waals surface area contributed by atoms with E-state index in [1.165, 1.54) is 5.57 Å². The molecular weight excluding hydrogens is 400 g/mol. The number of allylic oxidation sites excluding steroid dienone is 2. The molecule has 1 aliphatic heterocycles. The number of anilines is 1. The zero-order chi connectivity index (χ0) is 23.1. The maximum Gasteiger partial charge on any atom is 0.143 e. The van der Waals surface area contributed by atoms with Crippen LogP contribution in [0, 0.1) is 0 Å². The summed E-state index contributed by atoms with van der Waals surface area (Å²) in [6, 6.07) is 15.8. The number of rotatable bonds is 10. The van der Waals surface area contributed by atoms with Gasteiger partial charge in [-0.2, -0.15) is 0 Å². The number of hydrogen-bond donors (Lipinski definition) is 1. The smallest absolute Gasteiger partial charge is 0.143 e. The molecule has 0 bridgehead atoms. The summed E-state index contributed by atoms with van der Waals surface area (Å²) in [5, 5.41) is 11.9. The molecule has 0 saturated carbocycles. The minimum absolute atomic E-state index is 0.0102. The third-order valence-corrected chi connectivity index (χ3v) is 6.30. The fraction of sp³-hybridized carbons (Fsp3) is 0.481. The second-order valence-corrected chi connectivity index (χ2v) is 8.50. The average molecular weight is 439 g/mol. The standard InChI is InChI=1S/C27H38N2O3/c1-6-28(7-2)23(16-12-13-20(3)4)27(30)29-22-15-9-11-18-26(22)32-19-24(29)21-14-8-10-17-25(21)31-5/h8-11,13-15,17-18,23-24,27,30H,6-7,12,16,19H2,1-5H3. The number of likely N-dealkylation sites (N-methyl/N-ethyl adjacent to an activating group) is 1. The van der Waals surface area contributed by atoms with Crippen molar-refractivity contribution in [3.05, 3.63) is 65.7 Å². The van der Waals surface area contributed by atoms with Gasteiger partial charge in [-0.25, -0.2) is 0 Å². The molecule has 0 aliphatic carbocycles. The van der Waals surface area contributed by atoms with Crippen LogP contribution in [0.25, 0.3) is 0 Å². The Labute approximate surface area is 193 Å². The van der Waals surface area contributed by atoms with Gasteiger partial charge in [0.15, 0.2) is 0 Å². The molecule has 1 heterocycles. The lowest BCUT2D eigenvalue weighted by Gasteiger charge is -2.46. The monoisotopic (exact) mass is 438 g/mol. The third kappa shape index (κ3) is 5.28. The van der Waals surface area contributed by atoms with E-state index in [9.17, 15) is 5.11 Å². The maximum absolute atomic E-state index is 11.9. The molecule has 0 fully saturated rings. The van der Waals surface area contributed by atoms with Crippen LogP contribution in [0.4, 0.5) is 5.69 Å². The Kier molecular flexibility index (Phi) is 8.60. The number of ether oxygens (including phenoxy) is 2. The second kappa shape index (κ2) is 11.4. The molecule has 3 unspecified atom stereocenters. The highest BCUT2D eigenvalue weighted by molar-refractivity contribution is 5.63. The van der Waals surface area contributed by atoms with Crippen molar-refractivity contribution in [2.24, 2.45) is 0 Å². The van der Waals surface area contributed by atoms with Gasteiger partial charge in [0, 0.05) is 5.56 Å². The minimum Gasteiger partial charge on any atom is -0.496 e. The first-order valence-corrected chi connectivity index (χ1v) is 11.7. The van der Waals surface area contributed by atoms with Crippen molar-refractivity contribution in [2.75, 3.05) is 31.7 Å². The van der Waals surface area contributed by atoms with Crippen LogP contribution in [0.5, 0.6) is 11.5 Å². The van der Waals surface area contributed by atoms with Crippen LogP contribution in [0.1, 0.15) is 52.1 Å². The van der Waals surface area contributed by atoms with Crippen molar-refractivity contribution in [1.29, 1.82) is 0 Å². The van der Waals surface area contributed by atoms with Crippen LogP contribution in [0.2, 0.25) is 0 Å². The Bertz CT molecular complexity index is 890. The molecule has 2 aromatic rings. The number of fused-ring (bicyclic) bond motifs is 1. The predicted molar refractivity (Wildman–Crippen MR) is 132 cm³/mol. The Hall–Kier alpha value is -2.50. The van der Waals surface area contributed by atoms with Gasteiger partial charge in [-0.05, 0) is 58.0 Å². The van der Waals surface area contributed by atoms with Crippen molar-refractivity contribution in [2.45, 2.75) is 58.8 Å². The molecular formula is C27H38N2O3. The van der Waals surface area contributed by atoms with E-state index in [2.05, 4.69) is 49.6 Å². The summed E-state index contributed by atoms with van der Waals surface area (Å²) in [5.74, 6) is 1.61. The van der Waals surface area contributed by atoms with Gasteiger partial charge in [-0.3, -0.25) is 4.90 Å². The molecule has 1 N–H and O–H groups in total. The molecule has 0 radical (unpaired) electrons. The molecule has 1 aliphatic rings. The Morgan fingerprint density at radius 2 is 1.84 bits per heavy atom. The van der Waals surface area contributed by atoms with Gasteiger partial charge in [0.1, 0.15) is 24.3 Å². The molecule has 174 valence electrons. The molecule has 5 heteroatoms. The van der Waals surface area contributed by atoms with Crippen LogP contribution in [-0.4, -0.2) is 49.1 Å². The summed E-state index contributed by atoms with van der Waals surface area (Å²) < 4.78 is 11.8. The molecule has 0 aromatic heterocycles. The van der Waals surface area contributed by atoms with Crippen LogP contribution in [-0.2, 0) is 0 Å². The molecule has 32 heavy (non-hydrogen) atoms. The SMILES string of the molecule is CCN(CC)C(CCC=C(C)C)C(O)N1c2ccccc2OCC1c1ccccc1OC. The second-order valence-electron chi connectivity index (χ2n) is 8.50. The fourth-order valence-electron chi connectivity index (χ4n) is 4.66. The van der Waals surface area contributed by atoms with Gasteiger partial charge in [0.25, 0.3) is 0 Å². The quantitative estimate of drug-likeness (QED) is 0.503. The van der Waals surface area contributed by atoms with Gasteiger partial charge < -0.3 is 19.5 Å². The number of nitrogens with zero attached hydrogens (tertiary/aromatic N) is 2. The third-order valence-electron chi connectivity index (χ3n) is 6.30. The van der Waals surface area contributed by atoms with E-state index in [-0.39, 0.29) is 12.1 Å². The first-order valence-electron chi connectivity index (χ1n) is 11.7. The van der Waals surface area contributed by atoms with E-state index < -0.39 is 6.23 Å². The van der Waals surface area contributed by atoms with E-state index in [1.807, 2.05) is 42.5 Å². The Morgan fingerprint density at radius 3 is 2.53 bits per heavy atom. The summed E-state index contributed by atoms with van der Waals surface area (Å²) in [5.41, 5.74) is 3.24. The Balaban J connectivity index is 2.05. The lowest BCUT2D eigenvalue weighted by molar-refractivity contribution is 0.0342. The number of methoxy groups -OCH3 is 1. The van der Waals surface area contributed by atoms with Gasteiger partial charge in [-0.1, -0.05) is 55.8 Å². The van der Waals surface area contributed by atoms with Gasteiger partial charge in [0.05, 0.1) is 24.9 Å². The predicted octanol–water partition coefficient (Wildman–Crippen LogP) is 5.41. The fourth-order valence-corrected chi connectivity index (χ4v) is 4.66. The number of hydrogen-bond acceptors (Lipinski definition) is 5. The number of benzene rings is 2. The highest BCUT2D eigenvalue weighted by atomic mass is 16.5. The van der Waals surface area contributed by atoms with E-state index in [0.29, 0.717) is 6.61 Å². The van der Waals surface area contributed by atoms with E-state index in [0.717, 1.165) is 48.7 Å². The summed E-state index contributed by atoms with van der Waals surface area (Å²) >= 11 is 0. The van der Waals surface area contributed by atoms with E-state index in [1.54, 1.807) is 7.11 Å². The van der Waals surface area contributed by atoms with Crippen molar-refractivity contribution in [3.8, 4) is 11.5 Å². The van der Waals surface area contributed by atoms with Crippen LogP contribution in [0.15, 0.2) is 60.2 Å². The van der Waals surface area contributed by atoms with E-state index in [4.69, 9.17) is 9.47 Å². The zero-order valence-corrected chi connectivity index (χ0v) is 20.1. The molecule has 3 rings (SSSR count). The molecule has 5 nitrogen and oxygen atoms in total. The maximum atomic E-state index is 11.9. The molecule has 3 atom stereocenters. The normalized spacial score (nSPS) is 17.3. The first kappa shape index (κ1) is 24.1. The molecule has 0 amide bonds. The average Bonchev–Trinajstić information content (AvgIpc) is 2.82. The topological polar surface area (TPSA) is 45.2 Å². The molecule has 0 saturated heterocycles. The summed E-state index contributed by atoms with van der Waals surface area (Å²) in [6.45, 7) is 10.8. The zero-order valence-electron chi connectivity index (χ0n) is 20.1. The number of aliphatic hydroxyl groups is 1. The van der Waals surface area contributed by atoms with Gasteiger partial charge >= 0.3 is 0 Å². The first-order chi connectivity index (χ1) is 15.5. The van der Waals surface area contributed by atoms with Crippen molar-refractivity contribution in [3.63, 3.8) is 0 Å².